The van der Waals surface area contributed by atoms with Crippen molar-refractivity contribution in [1.82, 2.24) is 4.90 Å². The first-order chi connectivity index (χ1) is 3.55. The normalized spacial score (nSPS) is 9.62. The summed E-state index contributed by atoms with van der Waals surface area (Å²) in [5.41, 5.74) is 0. The molecule has 0 aromatic rings. The topological polar surface area (TPSA) is 60.8 Å². The zero-order valence-corrected chi connectivity index (χ0v) is 4.83. The highest BCUT2D eigenvalue weighted by Gasteiger charge is 2.11. The quantitative estimate of drug-likeness (QED) is 0.408. The van der Waals surface area contributed by atoms with Crippen molar-refractivity contribution in [3.05, 3.63) is 0 Å². The maximum Gasteiger partial charge on any atom is 0.278 e. The van der Waals surface area contributed by atoms with Gasteiger partial charge in [-0.25, -0.2) is 0 Å². The molecule has 0 heterocycles. The molecule has 0 aromatic heterocycles. The van der Waals surface area contributed by atoms with E-state index in [2.05, 4.69) is 0 Å². The van der Waals surface area contributed by atoms with Crippen LogP contribution in [0.5, 0.6) is 0 Å². The molecular weight excluding hydrogens is 110 g/mol. The van der Waals surface area contributed by atoms with Crippen molar-refractivity contribution in [1.29, 1.82) is 0 Å². The molecule has 4 nitrogen and oxygen atoms in total. The van der Waals surface area contributed by atoms with Crippen LogP contribution < -0.4 is 0 Å². The van der Waals surface area contributed by atoms with Crippen LogP contribution in [0.15, 0.2) is 0 Å². The van der Waals surface area contributed by atoms with Gasteiger partial charge in [-0.15, -0.1) is 0 Å². The summed E-state index contributed by atoms with van der Waals surface area (Å²) < 4.78 is 0. The second-order valence-electron chi connectivity index (χ2n) is 1.61. The van der Waals surface area contributed by atoms with Gasteiger partial charge in [0, 0.05) is 14.1 Å². The molecule has 0 unspecified atom stereocenters. The monoisotopic (exact) mass is 119 g/mol. The van der Waals surface area contributed by atoms with E-state index in [0.29, 0.717) is 0 Å². The van der Waals surface area contributed by atoms with Gasteiger partial charge in [0.05, 0.1) is 0 Å². The fourth-order valence-corrected chi connectivity index (χ4v) is 0.231. The number of likely N-dealkylation sites (N-methyl/N-ethyl adjacent to an activating group) is 1. The first kappa shape index (κ1) is 7.39. The summed E-state index contributed by atoms with van der Waals surface area (Å²) in [4.78, 5) is 11.4. The van der Waals surface area contributed by atoms with Crippen LogP contribution >= 0.6 is 0 Å². The van der Waals surface area contributed by atoms with E-state index in [-0.39, 0.29) is 0 Å². The van der Waals surface area contributed by atoms with Gasteiger partial charge in [-0.1, -0.05) is 0 Å². The Bertz CT molecular complexity index is 79.3. The lowest BCUT2D eigenvalue weighted by molar-refractivity contribution is -0.156. The minimum atomic E-state index is -1.87. The summed E-state index contributed by atoms with van der Waals surface area (Å²) >= 11 is 0. The van der Waals surface area contributed by atoms with Crippen LogP contribution in [0.2, 0.25) is 0 Å². The molecule has 1 amide bonds. The predicted molar refractivity (Wildman–Crippen MR) is 26.9 cm³/mol. The molecule has 48 valence electrons. The van der Waals surface area contributed by atoms with Crippen molar-refractivity contribution >= 4 is 5.91 Å². The number of rotatable bonds is 1. The number of hydrogen-bond acceptors (Lipinski definition) is 3. The predicted octanol–water partition coefficient (Wildman–Crippen LogP) is -1.61. The largest absolute Gasteiger partial charge is 0.361 e. The molecule has 0 radical (unpaired) electrons. The second kappa shape index (κ2) is 2.64. The van der Waals surface area contributed by atoms with Gasteiger partial charge in [0.2, 0.25) is 6.29 Å². The Balaban J connectivity index is 3.65. The number of aliphatic hydroxyl groups excluding tert-OH is 1. The lowest BCUT2D eigenvalue weighted by Crippen LogP contribution is -2.32. The van der Waals surface area contributed by atoms with Gasteiger partial charge in [0.1, 0.15) is 0 Å². The highest BCUT2D eigenvalue weighted by Crippen LogP contribution is 1.81. The summed E-state index contributed by atoms with van der Waals surface area (Å²) in [7, 11) is 2.89. The highest BCUT2D eigenvalue weighted by atomic mass is 16.5. The number of carbonyl (C=O) groups is 1. The summed E-state index contributed by atoms with van der Waals surface area (Å²) in [6.45, 7) is 0. The first-order valence-electron chi connectivity index (χ1n) is 2.13. The third kappa shape index (κ3) is 1.90. The van der Waals surface area contributed by atoms with Gasteiger partial charge in [-0.05, 0) is 0 Å². The van der Waals surface area contributed by atoms with Crippen LogP contribution in [-0.2, 0) is 4.79 Å². The zero-order valence-electron chi connectivity index (χ0n) is 4.83. The first-order valence-corrected chi connectivity index (χ1v) is 2.13. The SMILES string of the molecule is CN(C)C(=O)C(O)O. The minimum absolute atomic E-state index is 0.704. The average Bonchev–Trinajstić information content (AvgIpc) is 1.64. The smallest absolute Gasteiger partial charge is 0.278 e. The number of hydrogen-bond donors (Lipinski definition) is 2. The van der Waals surface area contributed by atoms with Crippen molar-refractivity contribution in [3.8, 4) is 0 Å². The van der Waals surface area contributed by atoms with Crippen LogP contribution in [0, 0.1) is 0 Å². The maximum absolute atomic E-state index is 10.3. The van der Waals surface area contributed by atoms with Gasteiger partial charge in [0.15, 0.2) is 0 Å². The zero-order chi connectivity index (χ0) is 6.73. The van der Waals surface area contributed by atoms with Crippen LogP contribution in [0.4, 0.5) is 0 Å². The molecule has 0 saturated carbocycles. The van der Waals surface area contributed by atoms with Crippen LogP contribution in [-0.4, -0.2) is 41.4 Å². The van der Waals surface area contributed by atoms with Crippen molar-refractivity contribution in [3.63, 3.8) is 0 Å². The molecule has 0 bridgehead atoms. The summed E-state index contributed by atoms with van der Waals surface area (Å²) in [6, 6.07) is 0. The Morgan fingerprint density at radius 3 is 1.88 bits per heavy atom. The summed E-state index contributed by atoms with van der Waals surface area (Å²) in [6.07, 6.45) is -1.87. The molecule has 4 heteroatoms. The van der Waals surface area contributed by atoms with Gasteiger partial charge >= 0.3 is 0 Å². The van der Waals surface area contributed by atoms with Gasteiger partial charge in [-0.2, -0.15) is 0 Å². The van der Waals surface area contributed by atoms with E-state index in [1.807, 2.05) is 0 Å². The number of amides is 1. The van der Waals surface area contributed by atoms with E-state index in [4.69, 9.17) is 10.2 Å². The van der Waals surface area contributed by atoms with Crippen molar-refractivity contribution in [2.24, 2.45) is 0 Å². The molecule has 0 aliphatic carbocycles. The number of nitrogens with zero attached hydrogens (tertiary/aromatic N) is 1. The van der Waals surface area contributed by atoms with E-state index < -0.39 is 12.2 Å². The van der Waals surface area contributed by atoms with E-state index in [1.54, 1.807) is 0 Å². The van der Waals surface area contributed by atoms with Crippen molar-refractivity contribution < 1.29 is 15.0 Å². The molecule has 0 fully saturated rings. The second-order valence-corrected chi connectivity index (χ2v) is 1.61. The van der Waals surface area contributed by atoms with Gasteiger partial charge in [0.25, 0.3) is 5.91 Å². The Hall–Kier alpha value is -0.610. The van der Waals surface area contributed by atoms with Crippen LogP contribution in [0.25, 0.3) is 0 Å². The molecule has 0 aromatic carbocycles. The fraction of sp³-hybridized carbons (Fsp3) is 0.750. The van der Waals surface area contributed by atoms with E-state index in [0.717, 1.165) is 4.90 Å². The molecule has 0 aliphatic rings. The number of aliphatic hydroxyl groups is 2. The minimum Gasteiger partial charge on any atom is -0.361 e. The van der Waals surface area contributed by atoms with Crippen LogP contribution in [0.1, 0.15) is 0 Å². The molecule has 2 N–H and O–H groups in total. The summed E-state index contributed by atoms with van der Waals surface area (Å²) in [5.74, 6) is -0.704. The molecule has 0 saturated heterocycles. The summed E-state index contributed by atoms with van der Waals surface area (Å²) in [5, 5.41) is 16.3. The number of carbonyl (C=O) groups excluding carboxylic acids is 1. The Labute approximate surface area is 47.3 Å². The van der Waals surface area contributed by atoms with Crippen molar-refractivity contribution in [2.45, 2.75) is 6.29 Å². The van der Waals surface area contributed by atoms with Crippen LogP contribution in [0.3, 0.4) is 0 Å². The Morgan fingerprint density at radius 2 is 1.88 bits per heavy atom. The lowest BCUT2D eigenvalue weighted by Gasteiger charge is -2.09. The highest BCUT2D eigenvalue weighted by molar-refractivity contribution is 5.78. The van der Waals surface area contributed by atoms with E-state index in [1.165, 1.54) is 14.1 Å². The molecule has 0 spiro atoms. The molecule has 0 rings (SSSR count). The molecule has 0 aliphatic heterocycles. The van der Waals surface area contributed by atoms with Gasteiger partial charge < -0.3 is 15.1 Å². The van der Waals surface area contributed by atoms with Gasteiger partial charge in [-0.3, -0.25) is 4.79 Å². The third-order valence-corrected chi connectivity index (χ3v) is 0.662. The Kier molecular flexibility index (Phi) is 2.44. The Morgan fingerprint density at radius 1 is 1.50 bits per heavy atom. The van der Waals surface area contributed by atoms with E-state index >= 15 is 0 Å². The van der Waals surface area contributed by atoms with E-state index in [9.17, 15) is 4.79 Å². The molecule has 0 atom stereocenters. The van der Waals surface area contributed by atoms with Crippen molar-refractivity contribution in [2.75, 3.05) is 14.1 Å². The molecule has 8 heavy (non-hydrogen) atoms. The maximum atomic E-state index is 10.3. The molecular formula is C4H9NO3. The average molecular weight is 119 g/mol. The standard InChI is InChI=1S/C4H9NO3/c1-5(2)3(6)4(7)8/h4,7-8H,1-2H3. The third-order valence-electron chi connectivity index (χ3n) is 0.662. The lowest BCUT2D eigenvalue weighted by atomic mass is 10.5. The fourth-order valence-electron chi connectivity index (χ4n) is 0.231.